The van der Waals surface area contributed by atoms with Crippen LogP contribution in [0.2, 0.25) is 0 Å². The Labute approximate surface area is 75.5 Å². The van der Waals surface area contributed by atoms with Crippen molar-refractivity contribution in [2.24, 2.45) is 5.73 Å². The Morgan fingerprint density at radius 1 is 1.33 bits per heavy atom. The first-order chi connectivity index (χ1) is 5.65. The molecule has 2 N–H and O–H groups in total. The van der Waals surface area contributed by atoms with Crippen LogP contribution in [-0.2, 0) is 0 Å². The van der Waals surface area contributed by atoms with Gasteiger partial charge in [0.1, 0.15) is 0 Å². The SMILES string of the molecule is CC1CN(C)CC(CCN)N1C. The topological polar surface area (TPSA) is 32.5 Å². The molecule has 12 heavy (non-hydrogen) atoms. The summed E-state index contributed by atoms with van der Waals surface area (Å²) in [6.45, 7) is 5.42. The summed E-state index contributed by atoms with van der Waals surface area (Å²) in [6, 6.07) is 1.32. The smallest absolute Gasteiger partial charge is 0.0235 e. The lowest BCUT2D eigenvalue weighted by molar-refractivity contribution is 0.0634. The lowest BCUT2D eigenvalue weighted by Crippen LogP contribution is -2.55. The largest absolute Gasteiger partial charge is 0.330 e. The summed E-state index contributed by atoms with van der Waals surface area (Å²) in [5, 5.41) is 0. The molecular weight excluding hydrogens is 150 g/mol. The molecule has 2 atom stereocenters. The summed E-state index contributed by atoms with van der Waals surface area (Å²) in [5.41, 5.74) is 5.57. The lowest BCUT2D eigenvalue weighted by Gasteiger charge is -2.42. The van der Waals surface area contributed by atoms with Crippen molar-refractivity contribution in [1.29, 1.82) is 0 Å². The summed E-state index contributed by atoms with van der Waals surface area (Å²) in [5.74, 6) is 0. The van der Waals surface area contributed by atoms with Gasteiger partial charge in [-0.2, -0.15) is 0 Å². The molecule has 3 nitrogen and oxygen atoms in total. The quantitative estimate of drug-likeness (QED) is 0.633. The average Bonchev–Trinajstić information content (AvgIpc) is 2.00. The highest BCUT2D eigenvalue weighted by Crippen LogP contribution is 2.13. The van der Waals surface area contributed by atoms with Crippen LogP contribution in [0.5, 0.6) is 0 Å². The molecule has 0 aromatic heterocycles. The Balaban J connectivity index is 2.47. The van der Waals surface area contributed by atoms with Crippen molar-refractivity contribution in [3.8, 4) is 0 Å². The number of hydrogen-bond donors (Lipinski definition) is 1. The molecule has 2 unspecified atom stereocenters. The molecule has 1 aliphatic heterocycles. The standard InChI is InChI=1S/C9H21N3/c1-8-6-11(2)7-9(4-5-10)12(8)3/h8-9H,4-7,10H2,1-3H3. The van der Waals surface area contributed by atoms with E-state index in [0.29, 0.717) is 12.1 Å². The molecule has 0 bridgehead atoms. The molecule has 0 aromatic carbocycles. The minimum absolute atomic E-state index is 0.656. The van der Waals surface area contributed by atoms with E-state index >= 15 is 0 Å². The van der Waals surface area contributed by atoms with Crippen molar-refractivity contribution in [3.05, 3.63) is 0 Å². The van der Waals surface area contributed by atoms with Gasteiger partial charge in [-0.05, 0) is 34.0 Å². The fourth-order valence-corrected chi connectivity index (χ4v) is 1.99. The van der Waals surface area contributed by atoms with Gasteiger partial charge in [0.25, 0.3) is 0 Å². The van der Waals surface area contributed by atoms with E-state index in [0.717, 1.165) is 19.5 Å². The molecule has 3 heteroatoms. The highest BCUT2D eigenvalue weighted by molar-refractivity contribution is 4.83. The van der Waals surface area contributed by atoms with E-state index in [1.54, 1.807) is 0 Å². The number of nitrogens with zero attached hydrogens (tertiary/aromatic N) is 2. The van der Waals surface area contributed by atoms with Gasteiger partial charge in [-0.1, -0.05) is 0 Å². The van der Waals surface area contributed by atoms with E-state index in [1.807, 2.05) is 0 Å². The first-order valence-electron chi connectivity index (χ1n) is 4.75. The van der Waals surface area contributed by atoms with Crippen LogP contribution in [0.4, 0.5) is 0 Å². The van der Waals surface area contributed by atoms with Crippen molar-refractivity contribution in [2.45, 2.75) is 25.4 Å². The van der Waals surface area contributed by atoms with Gasteiger partial charge in [0.15, 0.2) is 0 Å². The van der Waals surface area contributed by atoms with Crippen LogP contribution in [0, 0.1) is 0 Å². The second-order valence-corrected chi connectivity index (χ2v) is 3.97. The monoisotopic (exact) mass is 171 g/mol. The third-order valence-corrected chi connectivity index (χ3v) is 2.87. The van der Waals surface area contributed by atoms with Crippen LogP contribution in [0.15, 0.2) is 0 Å². The Morgan fingerprint density at radius 2 is 2.00 bits per heavy atom. The maximum atomic E-state index is 5.57. The van der Waals surface area contributed by atoms with Crippen LogP contribution in [0.25, 0.3) is 0 Å². The van der Waals surface area contributed by atoms with Gasteiger partial charge in [0.05, 0.1) is 0 Å². The molecule has 1 fully saturated rings. The van der Waals surface area contributed by atoms with E-state index in [4.69, 9.17) is 5.73 Å². The second-order valence-electron chi connectivity index (χ2n) is 3.97. The average molecular weight is 171 g/mol. The summed E-state index contributed by atoms with van der Waals surface area (Å²) in [7, 11) is 4.39. The van der Waals surface area contributed by atoms with Gasteiger partial charge in [-0.25, -0.2) is 0 Å². The molecule has 1 saturated heterocycles. The third kappa shape index (κ3) is 2.19. The number of nitrogens with two attached hydrogens (primary N) is 1. The predicted octanol–water partition coefficient (Wildman–Crippen LogP) is -0.0305. The first-order valence-corrected chi connectivity index (χ1v) is 4.75. The normalized spacial score (nSPS) is 34.0. The van der Waals surface area contributed by atoms with Crippen LogP contribution in [-0.4, -0.2) is 55.6 Å². The summed E-state index contributed by atoms with van der Waals surface area (Å²) in [6.07, 6.45) is 1.12. The predicted molar refractivity (Wildman–Crippen MR) is 52.2 cm³/mol. The minimum atomic E-state index is 0.656. The zero-order valence-electron chi connectivity index (χ0n) is 8.45. The molecule has 0 aliphatic carbocycles. The molecule has 0 amide bonds. The van der Waals surface area contributed by atoms with Gasteiger partial charge < -0.3 is 10.6 Å². The molecule has 0 saturated carbocycles. The highest BCUT2D eigenvalue weighted by Gasteiger charge is 2.26. The Hall–Kier alpha value is -0.120. The van der Waals surface area contributed by atoms with Crippen molar-refractivity contribution in [2.75, 3.05) is 33.7 Å². The maximum Gasteiger partial charge on any atom is 0.0235 e. The van der Waals surface area contributed by atoms with Gasteiger partial charge in [-0.15, -0.1) is 0 Å². The van der Waals surface area contributed by atoms with Crippen molar-refractivity contribution >= 4 is 0 Å². The van der Waals surface area contributed by atoms with E-state index < -0.39 is 0 Å². The van der Waals surface area contributed by atoms with E-state index in [1.165, 1.54) is 6.54 Å². The van der Waals surface area contributed by atoms with Crippen molar-refractivity contribution < 1.29 is 0 Å². The van der Waals surface area contributed by atoms with Crippen LogP contribution >= 0.6 is 0 Å². The molecule has 1 rings (SSSR count). The number of hydrogen-bond acceptors (Lipinski definition) is 3. The molecular formula is C9H21N3. The Kier molecular flexibility index (Phi) is 3.50. The van der Waals surface area contributed by atoms with Gasteiger partial charge >= 0.3 is 0 Å². The van der Waals surface area contributed by atoms with Gasteiger partial charge in [-0.3, -0.25) is 4.90 Å². The number of piperazine rings is 1. The van der Waals surface area contributed by atoms with E-state index in [2.05, 4.69) is 30.8 Å². The summed E-state index contributed by atoms with van der Waals surface area (Å²) >= 11 is 0. The zero-order valence-corrected chi connectivity index (χ0v) is 8.45. The molecule has 1 aliphatic rings. The zero-order chi connectivity index (χ0) is 9.14. The highest BCUT2D eigenvalue weighted by atomic mass is 15.3. The molecule has 0 aromatic rings. The van der Waals surface area contributed by atoms with Crippen LogP contribution < -0.4 is 5.73 Å². The fourth-order valence-electron chi connectivity index (χ4n) is 1.99. The van der Waals surface area contributed by atoms with Crippen molar-refractivity contribution in [3.63, 3.8) is 0 Å². The fraction of sp³-hybridized carbons (Fsp3) is 1.00. The van der Waals surface area contributed by atoms with Gasteiger partial charge in [0.2, 0.25) is 0 Å². The van der Waals surface area contributed by atoms with Crippen molar-refractivity contribution in [1.82, 2.24) is 9.80 Å². The van der Waals surface area contributed by atoms with E-state index in [9.17, 15) is 0 Å². The maximum absolute atomic E-state index is 5.57. The minimum Gasteiger partial charge on any atom is -0.330 e. The number of likely N-dealkylation sites (N-methyl/N-ethyl adjacent to an activating group) is 2. The molecule has 1 heterocycles. The Bertz CT molecular complexity index is 138. The number of rotatable bonds is 2. The van der Waals surface area contributed by atoms with Gasteiger partial charge in [0, 0.05) is 25.2 Å². The third-order valence-electron chi connectivity index (χ3n) is 2.87. The summed E-state index contributed by atoms with van der Waals surface area (Å²) < 4.78 is 0. The molecule has 0 radical (unpaired) electrons. The van der Waals surface area contributed by atoms with Crippen LogP contribution in [0.1, 0.15) is 13.3 Å². The summed E-state index contributed by atoms with van der Waals surface area (Å²) in [4.78, 5) is 4.85. The van der Waals surface area contributed by atoms with E-state index in [-0.39, 0.29) is 0 Å². The molecule has 72 valence electrons. The molecule has 0 spiro atoms. The Morgan fingerprint density at radius 3 is 2.58 bits per heavy atom. The van der Waals surface area contributed by atoms with Crippen LogP contribution in [0.3, 0.4) is 0 Å². The first kappa shape index (κ1) is 9.96. The lowest BCUT2D eigenvalue weighted by atomic mass is 10.1. The second kappa shape index (κ2) is 4.21.